The summed E-state index contributed by atoms with van der Waals surface area (Å²) >= 11 is 5.41. The van der Waals surface area contributed by atoms with Crippen LogP contribution in [0.4, 0.5) is 0 Å². The van der Waals surface area contributed by atoms with Gasteiger partial charge >= 0.3 is 0 Å². The van der Waals surface area contributed by atoms with Crippen molar-refractivity contribution in [1.29, 1.82) is 0 Å². The lowest BCUT2D eigenvalue weighted by Gasteiger charge is -1.88. The lowest BCUT2D eigenvalue weighted by Crippen LogP contribution is -1.92. The molecule has 1 nitrogen and oxygen atoms in total. The van der Waals surface area contributed by atoms with E-state index in [0.29, 0.717) is 10.7 Å². The smallest absolute Gasteiger partial charge is 0.0452 e. The number of halogens is 1. The lowest BCUT2D eigenvalue weighted by molar-refractivity contribution is 1.38. The molecular formula is C5H8ClN. The number of nitrogens with two attached hydrogens (primary N) is 1. The van der Waals surface area contributed by atoms with E-state index in [2.05, 4.69) is 6.58 Å². The molecule has 0 atom stereocenters. The second-order valence-corrected chi connectivity index (χ2v) is 1.76. The van der Waals surface area contributed by atoms with Gasteiger partial charge in [-0.25, -0.2) is 0 Å². The van der Waals surface area contributed by atoms with Crippen LogP contribution in [0.15, 0.2) is 23.4 Å². The van der Waals surface area contributed by atoms with Crippen LogP contribution in [0.3, 0.4) is 0 Å². The summed E-state index contributed by atoms with van der Waals surface area (Å²) in [4.78, 5) is 0. The van der Waals surface area contributed by atoms with Crippen LogP contribution in [0.2, 0.25) is 0 Å². The number of hydrogen-bond acceptors (Lipinski definition) is 1. The first-order chi connectivity index (χ1) is 3.18. The van der Waals surface area contributed by atoms with E-state index < -0.39 is 0 Å². The normalized spacial score (nSPS) is 12.9. The first kappa shape index (κ1) is 6.57. The van der Waals surface area contributed by atoms with Crippen molar-refractivity contribution in [3.8, 4) is 0 Å². The molecule has 0 aliphatic heterocycles. The van der Waals surface area contributed by atoms with E-state index in [-0.39, 0.29) is 0 Å². The Hall–Kier alpha value is -0.430. The fraction of sp³-hybridized carbons (Fsp3) is 0.200. The Morgan fingerprint density at radius 1 is 1.86 bits per heavy atom. The first-order valence-corrected chi connectivity index (χ1v) is 2.30. The van der Waals surface area contributed by atoms with Crippen LogP contribution in [-0.4, -0.2) is 0 Å². The van der Waals surface area contributed by atoms with Crippen LogP contribution in [0.25, 0.3) is 0 Å². The first-order valence-electron chi connectivity index (χ1n) is 1.92. The zero-order chi connectivity index (χ0) is 5.86. The van der Waals surface area contributed by atoms with Crippen LogP contribution in [0.1, 0.15) is 6.92 Å². The SMILES string of the molecule is C=C/C(N)=C(\C)Cl. The summed E-state index contributed by atoms with van der Waals surface area (Å²) < 4.78 is 0. The van der Waals surface area contributed by atoms with Gasteiger partial charge < -0.3 is 5.73 Å². The van der Waals surface area contributed by atoms with Crippen LogP contribution in [-0.2, 0) is 0 Å². The molecule has 2 N–H and O–H groups in total. The van der Waals surface area contributed by atoms with E-state index in [1.165, 1.54) is 6.08 Å². The highest BCUT2D eigenvalue weighted by Crippen LogP contribution is 2.01. The standard InChI is InChI=1S/C5H8ClN/c1-3-5(7)4(2)6/h3H,1,7H2,2H3/b5-4-. The topological polar surface area (TPSA) is 26.0 Å². The summed E-state index contributed by atoms with van der Waals surface area (Å²) in [6, 6.07) is 0. The van der Waals surface area contributed by atoms with Crippen LogP contribution >= 0.6 is 11.6 Å². The molecule has 0 aromatic rings. The Bertz CT molecular complexity index is 101. The van der Waals surface area contributed by atoms with E-state index in [9.17, 15) is 0 Å². The van der Waals surface area contributed by atoms with Crippen molar-refractivity contribution in [2.24, 2.45) is 5.73 Å². The summed E-state index contributed by atoms with van der Waals surface area (Å²) in [6.07, 6.45) is 1.52. The maximum absolute atomic E-state index is 5.41. The second kappa shape index (κ2) is 2.69. The van der Waals surface area contributed by atoms with Crippen molar-refractivity contribution < 1.29 is 0 Å². The zero-order valence-electron chi connectivity index (χ0n) is 4.24. The fourth-order valence-corrected chi connectivity index (χ4v) is 0.218. The van der Waals surface area contributed by atoms with Gasteiger partial charge in [-0.2, -0.15) is 0 Å². The van der Waals surface area contributed by atoms with Gasteiger partial charge in [-0.1, -0.05) is 18.2 Å². The van der Waals surface area contributed by atoms with E-state index in [4.69, 9.17) is 17.3 Å². The summed E-state index contributed by atoms with van der Waals surface area (Å²) in [5.74, 6) is 0. The lowest BCUT2D eigenvalue weighted by atomic mass is 10.4. The molecule has 0 saturated heterocycles. The average Bonchev–Trinajstić information content (AvgIpc) is 1.65. The third-order valence-corrected chi connectivity index (χ3v) is 0.836. The molecule has 0 aliphatic carbocycles. The Balaban J connectivity index is 3.98. The van der Waals surface area contributed by atoms with E-state index in [1.54, 1.807) is 6.92 Å². The predicted octanol–water partition coefficient (Wildman–Crippen LogP) is 1.60. The Kier molecular flexibility index (Phi) is 2.53. The highest BCUT2D eigenvalue weighted by atomic mass is 35.5. The second-order valence-electron chi connectivity index (χ2n) is 1.19. The molecule has 0 aromatic heterocycles. The number of allylic oxidation sites excluding steroid dienone is 2. The maximum atomic E-state index is 5.41. The largest absolute Gasteiger partial charge is 0.398 e. The quantitative estimate of drug-likeness (QED) is 0.519. The molecule has 0 bridgehead atoms. The van der Waals surface area contributed by atoms with Crippen molar-refractivity contribution >= 4 is 11.6 Å². The van der Waals surface area contributed by atoms with Gasteiger partial charge in [0.2, 0.25) is 0 Å². The molecule has 0 saturated carbocycles. The molecule has 0 aromatic carbocycles. The molecule has 0 spiro atoms. The van der Waals surface area contributed by atoms with Crippen molar-refractivity contribution in [2.45, 2.75) is 6.92 Å². The highest BCUT2D eigenvalue weighted by molar-refractivity contribution is 6.29. The van der Waals surface area contributed by atoms with E-state index in [0.717, 1.165) is 0 Å². The van der Waals surface area contributed by atoms with Gasteiger partial charge in [0, 0.05) is 10.7 Å². The van der Waals surface area contributed by atoms with Gasteiger partial charge in [-0.15, -0.1) is 0 Å². The monoisotopic (exact) mass is 117 g/mol. The van der Waals surface area contributed by atoms with Crippen molar-refractivity contribution in [3.63, 3.8) is 0 Å². The molecule has 2 heteroatoms. The van der Waals surface area contributed by atoms with Crippen molar-refractivity contribution in [1.82, 2.24) is 0 Å². The summed E-state index contributed by atoms with van der Waals surface area (Å²) in [6.45, 7) is 5.14. The molecule has 0 amide bonds. The highest BCUT2D eigenvalue weighted by Gasteiger charge is 1.82. The third kappa shape index (κ3) is 2.29. The van der Waals surface area contributed by atoms with E-state index in [1.807, 2.05) is 0 Å². The molecule has 40 valence electrons. The van der Waals surface area contributed by atoms with Crippen LogP contribution in [0.5, 0.6) is 0 Å². The number of hydrogen-bond donors (Lipinski definition) is 1. The average molecular weight is 118 g/mol. The molecule has 0 unspecified atom stereocenters. The van der Waals surface area contributed by atoms with Gasteiger partial charge in [0.1, 0.15) is 0 Å². The Morgan fingerprint density at radius 2 is 2.29 bits per heavy atom. The van der Waals surface area contributed by atoms with Crippen LogP contribution in [0, 0.1) is 0 Å². The minimum atomic E-state index is 0.543. The molecule has 0 radical (unpaired) electrons. The Labute approximate surface area is 48.5 Å². The molecule has 0 heterocycles. The van der Waals surface area contributed by atoms with E-state index >= 15 is 0 Å². The van der Waals surface area contributed by atoms with Gasteiger partial charge in [-0.3, -0.25) is 0 Å². The zero-order valence-corrected chi connectivity index (χ0v) is 5.00. The van der Waals surface area contributed by atoms with Crippen molar-refractivity contribution in [2.75, 3.05) is 0 Å². The predicted molar refractivity (Wildman–Crippen MR) is 32.9 cm³/mol. The Morgan fingerprint density at radius 3 is 2.29 bits per heavy atom. The summed E-state index contributed by atoms with van der Waals surface area (Å²) in [5.41, 5.74) is 5.79. The van der Waals surface area contributed by atoms with Gasteiger partial charge in [0.15, 0.2) is 0 Å². The molecule has 0 rings (SSSR count). The molecule has 0 fully saturated rings. The molecule has 7 heavy (non-hydrogen) atoms. The third-order valence-electron chi connectivity index (χ3n) is 0.618. The molecular weight excluding hydrogens is 110 g/mol. The molecule has 0 aliphatic rings. The van der Waals surface area contributed by atoms with Gasteiger partial charge in [-0.05, 0) is 13.0 Å². The van der Waals surface area contributed by atoms with Gasteiger partial charge in [0.05, 0.1) is 0 Å². The summed E-state index contributed by atoms with van der Waals surface area (Å²) in [7, 11) is 0. The maximum Gasteiger partial charge on any atom is 0.0452 e. The van der Waals surface area contributed by atoms with Gasteiger partial charge in [0.25, 0.3) is 0 Å². The minimum Gasteiger partial charge on any atom is -0.398 e. The fourth-order valence-electron chi connectivity index (χ4n) is 0.141. The number of rotatable bonds is 1. The summed E-state index contributed by atoms with van der Waals surface area (Å²) in [5, 5.41) is 0.593. The van der Waals surface area contributed by atoms with Crippen molar-refractivity contribution in [3.05, 3.63) is 23.4 Å². The van der Waals surface area contributed by atoms with Crippen LogP contribution < -0.4 is 5.73 Å². The minimum absolute atomic E-state index is 0.543.